The van der Waals surface area contributed by atoms with Gasteiger partial charge in [-0.05, 0) is 58.0 Å². The van der Waals surface area contributed by atoms with E-state index in [1.165, 1.54) is 40.5 Å². The van der Waals surface area contributed by atoms with E-state index in [-0.39, 0.29) is 11.9 Å². The molecule has 0 amide bonds. The number of ether oxygens (including phenoxy) is 1. The molecule has 0 bridgehead atoms. The molecule has 0 saturated carbocycles. The summed E-state index contributed by atoms with van der Waals surface area (Å²) < 4.78 is 5.06. The molecule has 30 heavy (non-hydrogen) atoms. The first-order valence-corrected chi connectivity index (χ1v) is 10.1. The van der Waals surface area contributed by atoms with Crippen LogP contribution >= 0.6 is 0 Å². The molecule has 0 atom stereocenters. The van der Waals surface area contributed by atoms with Gasteiger partial charge >= 0.3 is 5.97 Å². The van der Waals surface area contributed by atoms with Crippen LogP contribution in [0.2, 0.25) is 0 Å². The zero-order valence-electron chi connectivity index (χ0n) is 17.1. The zero-order chi connectivity index (χ0) is 20.7. The summed E-state index contributed by atoms with van der Waals surface area (Å²) in [4.78, 5) is 12.5. The van der Waals surface area contributed by atoms with E-state index in [0.29, 0.717) is 5.56 Å². The van der Waals surface area contributed by atoms with Gasteiger partial charge in [0.1, 0.15) is 0 Å². The third-order valence-corrected chi connectivity index (χ3v) is 5.98. The van der Waals surface area contributed by atoms with Gasteiger partial charge in [0.2, 0.25) is 0 Å². The summed E-state index contributed by atoms with van der Waals surface area (Å²) in [6, 6.07) is 31.6. The lowest BCUT2D eigenvalue weighted by Crippen LogP contribution is -2.06. The van der Waals surface area contributed by atoms with E-state index in [2.05, 4.69) is 91.9 Å². The Balaban J connectivity index is 1.72. The fraction of sp³-hybridized carbons (Fsp3) is 0.107. The van der Waals surface area contributed by atoms with Crippen LogP contribution in [-0.4, -0.2) is 13.1 Å². The van der Waals surface area contributed by atoms with E-state index >= 15 is 0 Å². The van der Waals surface area contributed by atoms with Crippen molar-refractivity contribution < 1.29 is 9.53 Å². The van der Waals surface area contributed by atoms with Gasteiger partial charge in [0.05, 0.1) is 12.7 Å². The molecule has 0 fully saturated rings. The van der Waals surface area contributed by atoms with Crippen LogP contribution in [0, 0.1) is 6.92 Å². The van der Waals surface area contributed by atoms with Gasteiger partial charge in [-0.15, -0.1) is 0 Å². The second-order valence-corrected chi connectivity index (χ2v) is 7.77. The highest BCUT2D eigenvalue weighted by Gasteiger charge is 2.30. The predicted molar refractivity (Wildman–Crippen MR) is 121 cm³/mol. The number of fused-ring (bicyclic) bond motifs is 3. The van der Waals surface area contributed by atoms with Gasteiger partial charge in [-0.3, -0.25) is 0 Å². The number of esters is 1. The monoisotopic (exact) mass is 390 g/mol. The van der Waals surface area contributed by atoms with Crippen LogP contribution in [0.1, 0.15) is 38.5 Å². The van der Waals surface area contributed by atoms with Crippen molar-refractivity contribution in [1.82, 2.24) is 0 Å². The Morgan fingerprint density at radius 3 is 1.93 bits per heavy atom. The van der Waals surface area contributed by atoms with Crippen molar-refractivity contribution in [1.29, 1.82) is 0 Å². The number of hydrogen-bond donors (Lipinski definition) is 0. The molecule has 0 saturated heterocycles. The summed E-state index contributed by atoms with van der Waals surface area (Å²) in [7, 11) is 1.43. The van der Waals surface area contributed by atoms with Crippen molar-refractivity contribution in [2.75, 3.05) is 7.11 Å². The number of carbonyl (C=O) groups is 1. The fourth-order valence-corrected chi connectivity index (χ4v) is 4.52. The maximum absolute atomic E-state index is 12.5. The summed E-state index contributed by atoms with van der Waals surface area (Å²) in [6.45, 7) is 2.06. The summed E-state index contributed by atoms with van der Waals surface area (Å²) >= 11 is 0. The van der Waals surface area contributed by atoms with Crippen molar-refractivity contribution in [3.63, 3.8) is 0 Å². The highest BCUT2D eigenvalue weighted by atomic mass is 16.5. The van der Waals surface area contributed by atoms with Crippen molar-refractivity contribution in [3.05, 3.63) is 119 Å². The lowest BCUT2D eigenvalue weighted by Gasteiger charge is -2.17. The average molecular weight is 390 g/mol. The minimum absolute atomic E-state index is 0.147. The van der Waals surface area contributed by atoms with Crippen LogP contribution in [0.4, 0.5) is 0 Å². The third kappa shape index (κ3) is 2.93. The number of benzene rings is 4. The number of aryl methyl sites for hydroxylation is 1. The van der Waals surface area contributed by atoms with Crippen LogP contribution in [0.5, 0.6) is 0 Å². The van der Waals surface area contributed by atoms with Crippen molar-refractivity contribution >= 4 is 5.97 Å². The molecule has 0 aromatic heterocycles. The van der Waals surface area contributed by atoms with E-state index < -0.39 is 0 Å². The first-order chi connectivity index (χ1) is 14.7. The zero-order valence-corrected chi connectivity index (χ0v) is 17.1. The first kappa shape index (κ1) is 18.4. The van der Waals surface area contributed by atoms with E-state index in [0.717, 1.165) is 11.1 Å². The Morgan fingerprint density at radius 2 is 1.33 bits per heavy atom. The molecular formula is C28H22O2. The summed E-state index contributed by atoms with van der Waals surface area (Å²) in [5.41, 5.74) is 10.1. The Hall–Kier alpha value is -3.65. The Morgan fingerprint density at radius 1 is 0.733 bits per heavy atom. The van der Waals surface area contributed by atoms with Gasteiger partial charge in [-0.25, -0.2) is 4.79 Å². The molecule has 1 aliphatic rings. The highest BCUT2D eigenvalue weighted by Crippen LogP contribution is 2.48. The summed E-state index contributed by atoms with van der Waals surface area (Å²) in [5.74, 6) is -0.169. The normalized spacial score (nSPS) is 12.3. The third-order valence-electron chi connectivity index (χ3n) is 5.98. The smallest absolute Gasteiger partial charge is 0.338 e. The van der Waals surface area contributed by atoms with E-state index in [9.17, 15) is 4.79 Å². The van der Waals surface area contributed by atoms with Gasteiger partial charge in [-0.1, -0.05) is 84.4 Å². The Bertz CT molecular complexity index is 1210. The maximum atomic E-state index is 12.5. The largest absolute Gasteiger partial charge is 0.465 e. The molecule has 0 aliphatic heterocycles. The number of methoxy groups -OCH3 is 1. The molecule has 1 aliphatic carbocycles. The molecule has 4 aromatic rings. The van der Waals surface area contributed by atoms with E-state index in [4.69, 9.17) is 4.74 Å². The minimum atomic E-state index is -0.315. The Kier molecular flexibility index (Phi) is 4.48. The second kappa shape index (κ2) is 7.31. The molecule has 2 nitrogen and oxygen atoms in total. The molecule has 5 rings (SSSR count). The second-order valence-electron chi connectivity index (χ2n) is 7.77. The van der Waals surface area contributed by atoms with Crippen molar-refractivity contribution in [2.45, 2.75) is 12.8 Å². The number of carbonyl (C=O) groups excluding carboxylic acids is 1. The van der Waals surface area contributed by atoms with Crippen LogP contribution in [0.25, 0.3) is 22.3 Å². The molecule has 0 spiro atoms. The molecule has 0 heterocycles. The van der Waals surface area contributed by atoms with Crippen LogP contribution in [-0.2, 0) is 4.74 Å². The predicted octanol–water partition coefficient (Wildman–Crippen LogP) is 6.61. The van der Waals surface area contributed by atoms with Crippen molar-refractivity contribution in [3.8, 4) is 22.3 Å². The standard InChI is InChI=1S/C28H22O2/c1-18-11-13-19(14-12-18)26-17-20(15-16-25(26)28(29)30-2)27-23-9-5-3-7-21(23)22-8-4-6-10-24(22)27/h3-17,27H,1-2H3. The minimum Gasteiger partial charge on any atom is -0.465 e. The van der Waals surface area contributed by atoms with Gasteiger partial charge < -0.3 is 4.74 Å². The molecule has 146 valence electrons. The lowest BCUT2D eigenvalue weighted by atomic mass is 9.86. The first-order valence-electron chi connectivity index (χ1n) is 10.1. The average Bonchev–Trinajstić information content (AvgIpc) is 3.13. The van der Waals surface area contributed by atoms with Crippen LogP contribution in [0.15, 0.2) is 91.0 Å². The highest BCUT2D eigenvalue weighted by molar-refractivity contribution is 5.97. The molecule has 4 aromatic carbocycles. The van der Waals surface area contributed by atoms with Crippen LogP contribution in [0.3, 0.4) is 0 Å². The number of rotatable bonds is 3. The quantitative estimate of drug-likeness (QED) is 0.324. The summed E-state index contributed by atoms with van der Waals surface area (Å²) in [5, 5.41) is 0. The molecule has 2 heteroatoms. The molecule has 0 N–H and O–H groups in total. The van der Waals surface area contributed by atoms with Gasteiger partial charge in [0.15, 0.2) is 0 Å². The van der Waals surface area contributed by atoms with Crippen LogP contribution < -0.4 is 0 Å². The van der Waals surface area contributed by atoms with E-state index in [1.54, 1.807) is 0 Å². The summed E-state index contributed by atoms with van der Waals surface area (Å²) in [6.07, 6.45) is 0. The SMILES string of the molecule is COC(=O)c1ccc(C2c3ccccc3-c3ccccc32)cc1-c1ccc(C)cc1. The van der Waals surface area contributed by atoms with Crippen molar-refractivity contribution in [2.24, 2.45) is 0 Å². The van der Waals surface area contributed by atoms with Gasteiger partial charge in [0, 0.05) is 5.92 Å². The van der Waals surface area contributed by atoms with Gasteiger partial charge in [-0.2, -0.15) is 0 Å². The molecular weight excluding hydrogens is 368 g/mol. The lowest BCUT2D eigenvalue weighted by molar-refractivity contribution is 0.0601. The fourth-order valence-electron chi connectivity index (χ4n) is 4.52. The number of hydrogen-bond acceptors (Lipinski definition) is 2. The molecule has 0 unspecified atom stereocenters. The topological polar surface area (TPSA) is 26.3 Å². The molecule has 0 radical (unpaired) electrons. The van der Waals surface area contributed by atoms with Gasteiger partial charge in [0.25, 0.3) is 0 Å². The van der Waals surface area contributed by atoms with E-state index in [1.807, 2.05) is 6.07 Å². The maximum Gasteiger partial charge on any atom is 0.338 e. The Labute approximate surface area is 176 Å².